The van der Waals surface area contributed by atoms with E-state index in [1.54, 1.807) is 24.3 Å². The van der Waals surface area contributed by atoms with E-state index in [-0.39, 0.29) is 10.6 Å². The third kappa shape index (κ3) is 2.40. The number of rotatable bonds is 4. The lowest BCUT2D eigenvalue weighted by atomic mass is 10.2. The van der Waals surface area contributed by atoms with Gasteiger partial charge in [0.25, 0.3) is 10.0 Å². The topological polar surface area (TPSA) is 67.2 Å². The molecule has 1 fully saturated rings. The number of nitriles is 1. The maximum Gasteiger partial charge on any atom is 0.297 e. The predicted octanol–water partition coefficient (Wildman–Crippen LogP) is 0.685. The van der Waals surface area contributed by atoms with Crippen LogP contribution in [-0.4, -0.2) is 38.4 Å². The van der Waals surface area contributed by atoms with Crippen molar-refractivity contribution in [3.8, 4) is 11.8 Å². The maximum atomic E-state index is 11.5. The van der Waals surface area contributed by atoms with Gasteiger partial charge in [0, 0.05) is 0 Å². The smallest absolute Gasteiger partial charge is 0.297 e. The fraction of sp³-hybridized carbons (Fsp3) is 0.364. The summed E-state index contributed by atoms with van der Waals surface area (Å²) in [6.45, 7) is 1.34. The minimum absolute atomic E-state index is 0.00694. The van der Waals surface area contributed by atoms with Gasteiger partial charge < -0.3 is 4.74 Å². The van der Waals surface area contributed by atoms with Crippen LogP contribution in [0.4, 0.5) is 0 Å². The summed E-state index contributed by atoms with van der Waals surface area (Å²) in [5.74, 6) is 0.581. The summed E-state index contributed by atoms with van der Waals surface area (Å²) in [4.78, 5) is 0. The van der Waals surface area contributed by atoms with Gasteiger partial charge in [0.15, 0.2) is 0 Å². The number of quaternary nitrogens is 1. The maximum absolute atomic E-state index is 11.5. The Morgan fingerprint density at radius 2 is 1.94 bits per heavy atom. The lowest BCUT2D eigenvalue weighted by Gasteiger charge is -2.15. The monoisotopic (exact) mass is 253 g/mol. The van der Waals surface area contributed by atoms with Crippen LogP contribution in [0.2, 0.25) is 0 Å². The molecule has 0 spiro atoms. The fourth-order valence-electron chi connectivity index (χ4n) is 1.49. The van der Waals surface area contributed by atoms with Crippen LogP contribution < -0.4 is 4.74 Å². The molecular weight excluding hydrogens is 240 g/mol. The number of sulfonamides is 1. The van der Waals surface area contributed by atoms with Crippen molar-refractivity contribution in [2.75, 3.05) is 26.1 Å². The van der Waals surface area contributed by atoms with E-state index in [0.29, 0.717) is 24.4 Å². The van der Waals surface area contributed by atoms with Gasteiger partial charge in [-0.15, -0.1) is 0 Å². The van der Waals surface area contributed by atoms with E-state index in [0.717, 1.165) is 0 Å². The minimum Gasteiger partial charge on any atom is -0.444 e. The van der Waals surface area contributed by atoms with Gasteiger partial charge >= 0.3 is 0 Å². The second-order valence-corrected chi connectivity index (χ2v) is 6.39. The fourth-order valence-corrected chi connectivity index (χ4v) is 2.48. The van der Waals surface area contributed by atoms with Crippen LogP contribution in [0.15, 0.2) is 24.3 Å². The zero-order valence-electron chi connectivity index (χ0n) is 9.46. The molecule has 1 aliphatic heterocycles. The number of benzene rings is 1. The summed E-state index contributed by atoms with van der Waals surface area (Å²) in [6.07, 6.45) is 1.22. The zero-order chi connectivity index (χ0) is 12.5. The molecule has 0 bridgehead atoms. The Morgan fingerprint density at radius 3 is 2.35 bits per heavy atom. The number of ether oxygens (including phenoxy) is 1. The predicted molar refractivity (Wildman–Crippen MR) is 61.5 cm³/mol. The van der Waals surface area contributed by atoms with Crippen LogP contribution in [0, 0.1) is 11.3 Å². The van der Waals surface area contributed by atoms with Crippen molar-refractivity contribution >= 4 is 10.0 Å². The van der Waals surface area contributed by atoms with E-state index in [9.17, 15) is 8.42 Å². The Bertz CT molecular complexity index is 553. The number of hydrogen-bond donors (Lipinski definition) is 0. The van der Waals surface area contributed by atoms with E-state index >= 15 is 0 Å². The molecule has 90 valence electrons. The summed E-state index contributed by atoms with van der Waals surface area (Å²) >= 11 is 0. The summed E-state index contributed by atoms with van der Waals surface area (Å²) in [7, 11) is -3.11. The van der Waals surface area contributed by atoms with Crippen LogP contribution in [-0.2, 0) is 10.0 Å². The molecule has 17 heavy (non-hydrogen) atoms. The number of hydrogen-bond acceptors (Lipinski definition) is 4. The molecule has 0 N–H and O–H groups in total. The standard InChI is InChI=1S/C11H13N2O3S/c1-17(14,15)13(6-7-13)9-16-11-4-2-10(8-12)3-5-11/h2-5H,6-7,9H2,1H3/q+1. The van der Waals surface area contributed by atoms with E-state index in [4.69, 9.17) is 10.00 Å². The highest BCUT2D eigenvalue weighted by Gasteiger charge is 2.52. The lowest BCUT2D eigenvalue weighted by molar-refractivity contribution is -0.685. The Labute approximate surface area is 100 Å². The van der Waals surface area contributed by atoms with Crippen LogP contribution in [0.3, 0.4) is 0 Å². The molecule has 2 rings (SSSR count). The van der Waals surface area contributed by atoms with Crippen molar-refractivity contribution in [2.45, 2.75) is 0 Å². The second kappa shape index (κ2) is 4.02. The lowest BCUT2D eigenvalue weighted by Crippen LogP contribution is -2.36. The zero-order valence-corrected chi connectivity index (χ0v) is 10.3. The molecule has 1 aromatic carbocycles. The van der Waals surface area contributed by atoms with E-state index < -0.39 is 10.0 Å². The van der Waals surface area contributed by atoms with Crippen molar-refractivity contribution in [1.82, 2.24) is 0 Å². The molecule has 0 aliphatic carbocycles. The molecule has 6 heteroatoms. The molecule has 0 aromatic heterocycles. The summed E-state index contributed by atoms with van der Waals surface area (Å²) < 4.78 is 28.4. The highest BCUT2D eigenvalue weighted by Crippen LogP contribution is 2.27. The first-order valence-corrected chi connectivity index (χ1v) is 7.01. The van der Waals surface area contributed by atoms with Crippen molar-refractivity contribution < 1.29 is 17.0 Å². The Balaban J connectivity index is 2.02. The summed E-state index contributed by atoms with van der Waals surface area (Å²) in [6, 6.07) is 8.63. The molecule has 1 aliphatic rings. The molecular formula is C11H13N2O3S+. The molecule has 0 radical (unpaired) electrons. The molecule has 0 unspecified atom stereocenters. The van der Waals surface area contributed by atoms with E-state index in [2.05, 4.69) is 0 Å². The average molecular weight is 253 g/mol. The molecule has 0 amide bonds. The van der Waals surface area contributed by atoms with Gasteiger partial charge in [-0.05, 0) is 24.3 Å². The first-order valence-electron chi connectivity index (χ1n) is 5.16. The van der Waals surface area contributed by atoms with Gasteiger partial charge in [-0.1, -0.05) is 0 Å². The SMILES string of the molecule is CS(=O)(=O)[N+]1(COc2ccc(C#N)cc2)CC1. The van der Waals surface area contributed by atoms with Crippen molar-refractivity contribution in [2.24, 2.45) is 0 Å². The van der Waals surface area contributed by atoms with Gasteiger partial charge in [-0.2, -0.15) is 17.6 Å². The molecule has 0 saturated carbocycles. The minimum atomic E-state index is -3.11. The van der Waals surface area contributed by atoms with Crippen molar-refractivity contribution in [1.29, 1.82) is 5.26 Å². The van der Waals surface area contributed by atoms with Crippen molar-refractivity contribution in [3.05, 3.63) is 29.8 Å². The third-order valence-corrected chi connectivity index (χ3v) is 4.75. The van der Waals surface area contributed by atoms with Gasteiger partial charge in [0.1, 0.15) is 18.8 Å². The Hall–Kier alpha value is -1.58. The Kier molecular flexibility index (Phi) is 2.81. The molecule has 5 nitrogen and oxygen atoms in total. The number of nitrogens with zero attached hydrogens (tertiary/aromatic N) is 2. The first kappa shape index (κ1) is 11.9. The highest BCUT2D eigenvalue weighted by atomic mass is 32.2. The third-order valence-electron chi connectivity index (χ3n) is 2.88. The normalized spacial score (nSPS) is 17.2. The average Bonchev–Trinajstić information content (AvgIpc) is 3.07. The molecule has 0 atom stereocenters. The second-order valence-electron chi connectivity index (χ2n) is 4.15. The van der Waals surface area contributed by atoms with Crippen LogP contribution in [0.5, 0.6) is 5.75 Å². The van der Waals surface area contributed by atoms with Gasteiger partial charge in [-0.25, -0.2) is 0 Å². The summed E-state index contributed by atoms with van der Waals surface area (Å²) in [5, 5.41) is 8.63. The molecule has 1 aromatic rings. The highest BCUT2D eigenvalue weighted by molar-refractivity contribution is 7.85. The Morgan fingerprint density at radius 1 is 1.35 bits per heavy atom. The van der Waals surface area contributed by atoms with Crippen molar-refractivity contribution in [3.63, 3.8) is 0 Å². The molecule has 1 heterocycles. The first-order chi connectivity index (χ1) is 7.97. The largest absolute Gasteiger partial charge is 0.444 e. The van der Waals surface area contributed by atoms with Gasteiger partial charge in [-0.3, -0.25) is 0 Å². The quantitative estimate of drug-likeness (QED) is 0.584. The van der Waals surface area contributed by atoms with E-state index in [1.807, 2.05) is 6.07 Å². The van der Waals surface area contributed by atoms with Crippen LogP contribution >= 0.6 is 0 Å². The van der Waals surface area contributed by atoms with Gasteiger partial charge in [0.05, 0.1) is 17.9 Å². The van der Waals surface area contributed by atoms with Crippen LogP contribution in [0.25, 0.3) is 0 Å². The van der Waals surface area contributed by atoms with E-state index in [1.165, 1.54) is 6.26 Å². The van der Waals surface area contributed by atoms with Gasteiger partial charge in [0.2, 0.25) is 6.73 Å². The van der Waals surface area contributed by atoms with Crippen LogP contribution in [0.1, 0.15) is 5.56 Å². The summed E-state index contributed by atoms with van der Waals surface area (Å²) in [5.41, 5.74) is 0.552. The molecule has 1 saturated heterocycles.